The first-order chi connectivity index (χ1) is 11.1. The number of benzene rings is 2. The largest absolute Gasteiger partial charge is 0.491 e. The molecule has 1 unspecified atom stereocenters. The van der Waals surface area contributed by atoms with Gasteiger partial charge >= 0.3 is 0 Å². The Kier molecular flexibility index (Phi) is 4.34. The van der Waals surface area contributed by atoms with Crippen LogP contribution in [0, 0.1) is 11.6 Å². The smallest absolute Gasteiger partial charge is 0.159 e. The molecule has 0 spiro atoms. The Morgan fingerprint density at radius 2 is 1.87 bits per heavy atom. The molecule has 23 heavy (non-hydrogen) atoms. The number of ether oxygens (including phenoxy) is 1. The molecule has 0 aliphatic rings. The molecule has 0 aliphatic heterocycles. The molecule has 118 valence electrons. The van der Waals surface area contributed by atoms with Crippen molar-refractivity contribution in [1.29, 1.82) is 0 Å². The normalized spacial score (nSPS) is 12.1. The number of hydrogen-bond donors (Lipinski definition) is 1. The topological polar surface area (TPSA) is 47.3 Å². The lowest BCUT2D eigenvalue weighted by atomic mass is 10.1. The Morgan fingerprint density at radius 3 is 2.52 bits per heavy atom. The molecule has 2 aromatic carbocycles. The molecular weight excluding hydrogens is 302 g/mol. The molecule has 0 bridgehead atoms. The summed E-state index contributed by atoms with van der Waals surface area (Å²) >= 11 is 0. The minimum atomic E-state index is -1.04. The number of hydrogen-bond acceptors (Lipinski definition) is 3. The van der Waals surface area contributed by atoms with Crippen LogP contribution in [0.2, 0.25) is 0 Å². The molecule has 0 fully saturated rings. The van der Waals surface area contributed by atoms with Crippen LogP contribution < -0.4 is 4.74 Å². The molecule has 0 amide bonds. The van der Waals surface area contributed by atoms with Crippen molar-refractivity contribution in [3.8, 4) is 11.4 Å². The van der Waals surface area contributed by atoms with Crippen molar-refractivity contribution in [3.05, 3.63) is 78.4 Å². The van der Waals surface area contributed by atoms with Gasteiger partial charge < -0.3 is 14.4 Å². The first-order valence-electron chi connectivity index (χ1n) is 6.98. The highest BCUT2D eigenvalue weighted by atomic mass is 19.2. The number of aromatic nitrogens is 2. The first-order valence-corrected chi connectivity index (χ1v) is 6.98. The van der Waals surface area contributed by atoms with Crippen molar-refractivity contribution < 1.29 is 18.6 Å². The van der Waals surface area contributed by atoms with Crippen LogP contribution in [0.5, 0.6) is 5.75 Å². The summed E-state index contributed by atoms with van der Waals surface area (Å²) in [6, 6.07) is 10.5. The van der Waals surface area contributed by atoms with Gasteiger partial charge in [0, 0.05) is 18.1 Å². The van der Waals surface area contributed by atoms with Crippen LogP contribution in [0.3, 0.4) is 0 Å². The van der Waals surface area contributed by atoms with E-state index in [-0.39, 0.29) is 12.2 Å². The molecule has 1 aromatic heterocycles. The van der Waals surface area contributed by atoms with Crippen molar-refractivity contribution in [3.63, 3.8) is 0 Å². The van der Waals surface area contributed by atoms with Crippen molar-refractivity contribution in [2.24, 2.45) is 0 Å². The van der Waals surface area contributed by atoms with E-state index in [2.05, 4.69) is 4.98 Å². The molecule has 6 heteroatoms. The van der Waals surface area contributed by atoms with E-state index in [1.165, 1.54) is 6.07 Å². The molecule has 3 aromatic rings. The van der Waals surface area contributed by atoms with E-state index >= 15 is 0 Å². The van der Waals surface area contributed by atoms with Gasteiger partial charge in [0.05, 0.1) is 6.33 Å². The zero-order chi connectivity index (χ0) is 16.2. The summed E-state index contributed by atoms with van der Waals surface area (Å²) in [6.45, 7) is -0.0600. The maximum absolute atomic E-state index is 13.1. The molecule has 0 saturated heterocycles. The number of imidazole rings is 1. The number of nitrogens with zero attached hydrogens (tertiary/aromatic N) is 2. The zero-order valence-corrected chi connectivity index (χ0v) is 12.1. The maximum Gasteiger partial charge on any atom is 0.159 e. The summed E-state index contributed by atoms with van der Waals surface area (Å²) in [5, 5.41) is 9.98. The van der Waals surface area contributed by atoms with Gasteiger partial charge in [0.25, 0.3) is 0 Å². The second kappa shape index (κ2) is 6.58. The molecule has 1 atom stereocenters. The van der Waals surface area contributed by atoms with Crippen molar-refractivity contribution in [1.82, 2.24) is 9.55 Å². The van der Waals surface area contributed by atoms with E-state index in [1.807, 2.05) is 22.9 Å². The van der Waals surface area contributed by atoms with Crippen molar-refractivity contribution in [2.75, 3.05) is 6.61 Å². The van der Waals surface area contributed by atoms with Crippen LogP contribution in [0.25, 0.3) is 5.69 Å². The van der Waals surface area contributed by atoms with Gasteiger partial charge in [-0.15, -0.1) is 0 Å². The summed E-state index contributed by atoms with van der Waals surface area (Å²) in [5.41, 5.74) is 1.19. The summed E-state index contributed by atoms with van der Waals surface area (Å²) in [5.74, 6) is -1.38. The SMILES string of the molecule is OC(COc1ccc(-n2ccnc2)cc1)c1ccc(F)c(F)c1. The fourth-order valence-electron chi connectivity index (χ4n) is 2.12. The number of halogens is 2. The average molecular weight is 316 g/mol. The highest BCUT2D eigenvalue weighted by Crippen LogP contribution is 2.20. The van der Waals surface area contributed by atoms with Gasteiger partial charge in [-0.05, 0) is 42.0 Å². The Bertz CT molecular complexity index is 774. The van der Waals surface area contributed by atoms with E-state index in [4.69, 9.17) is 4.74 Å². The van der Waals surface area contributed by atoms with E-state index in [1.54, 1.807) is 24.7 Å². The molecule has 1 N–H and O–H groups in total. The summed E-state index contributed by atoms with van der Waals surface area (Å²) < 4.78 is 33.3. The quantitative estimate of drug-likeness (QED) is 0.786. The van der Waals surface area contributed by atoms with Gasteiger partial charge in [0.1, 0.15) is 18.5 Å². The maximum atomic E-state index is 13.1. The fourth-order valence-corrected chi connectivity index (χ4v) is 2.12. The van der Waals surface area contributed by atoms with Crippen LogP contribution in [0.15, 0.2) is 61.2 Å². The third-order valence-electron chi connectivity index (χ3n) is 3.38. The van der Waals surface area contributed by atoms with Crippen molar-refractivity contribution >= 4 is 0 Å². The predicted molar refractivity (Wildman–Crippen MR) is 80.4 cm³/mol. The summed E-state index contributed by atoms with van der Waals surface area (Å²) in [7, 11) is 0. The van der Waals surface area contributed by atoms with Crippen LogP contribution in [-0.2, 0) is 0 Å². The van der Waals surface area contributed by atoms with Gasteiger partial charge in [0.15, 0.2) is 11.6 Å². The van der Waals surface area contributed by atoms with E-state index in [0.29, 0.717) is 5.75 Å². The Morgan fingerprint density at radius 1 is 1.09 bits per heavy atom. The molecule has 0 aliphatic carbocycles. The van der Waals surface area contributed by atoms with Gasteiger partial charge in [-0.3, -0.25) is 0 Å². The van der Waals surface area contributed by atoms with Crippen LogP contribution in [-0.4, -0.2) is 21.3 Å². The van der Waals surface area contributed by atoms with E-state index in [9.17, 15) is 13.9 Å². The van der Waals surface area contributed by atoms with Crippen LogP contribution in [0.1, 0.15) is 11.7 Å². The van der Waals surface area contributed by atoms with E-state index < -0.39 is 17.7 Å². The Hall–Kier alpha value is -2.73. The van der Waals surface area contributed by atoms with Gasteiger partial charge in [-0.1, -0.05) is 6.07 Å². The third-order valence-corrected chi connectivity index (χ3v) is 3.38. The Labute approximate surface area is 131 Å². The van der Waals surface area contributed by atoms with Gasteiger partial charge in [-0.25, -0.2) is 13.8 Å². The first kappa shape index (κ1) is 15.2. The second-order valence-corrected chi connectivity index (χ2v) is 4.96. The van der Waals surface area contributed by atoms with Gasteiger partial charge in [0.2, 0.25) is 0 Å². The molecule has 0 radical (unpaired) electrons. The second-order valence-electron chi connectivity index (χ2n) is 4.96. The van der Waals surface area contributed by atoms with Gasteiger partial charge in [-0.2, -0.15) is 0 Å². The lowest BCUT2D eigenvalue weighted by molar-refractivity contribution is 0.108. The van der Waals surface area contributed by atoms with Crippen LogP contribution in [0.4, 0.5) is 8.78 Å². The Balaban J connectivity index is 1.62. The lowest BCUT2D eigenvalue weighted by Gasteiger charge is -2.13. The monoisotopic (exact) mass is 316 g/mol. The van der Waals surface area contributed by atoms with Crippen molar-refractivity contribution in [2.45, 2.75) is 6.10 Å². The minimum Gasteiger partial charge on any atom is -0.491 e. The standard InChI is InChI=1S/C17H14F2N2O2/c18-15-6-1-12(9-16(15)19)17(22)10-23-14-4-2-13(3-5-14)21-8-7-20-11-21/h1-9,11,17,22H,10H2. The molecule has 3 rings (SSSR count). The van der Waals surface area contributed by atoms with E-state index in [0.717, 1.165) is 17.8 Å². The number of rotatable bonds is 5. The molecule has 1 heterocycles. The third kappa shape index (κ3) is 3.54. The lowest BCUT2D eigenvalue weighted by Crippen LogP contribution is -2.10. The summed E-state index contributed by atoms with van der Waals surface area (Å²) in [6.07, 6.45) is 4.15. The predicted octanol–water partition coefficient (Wildman–Crippen LogP) is 3.26. The zero-order valence-electron chi connectivity index (χ0n) is 12.1. The highest BCUT2D eigenvalue weighted by Gasteiger charge is 2.11. The molecular formula is C17H14F2N2O2. The number of aliphatic hydroxyl groups is 1. The summed E-state index contributed by atoms with van der Waals surface area (Å²) in [4.78, 5) is 3.97. The van der Waals surface area contributed by atoms with Crippen LogP contribution >= 0.6 is 0 Å². The number of aliphatic hydroxyl groups excluding tert-OH is 1. The molecule has 0 saturated carbocycles. The fraction of sp³-hybridized carbons (Fsp3) is 0.118. The molecule has 4 nitrogen and oxygen atoms in total. The minimum absolute atomic E-state index is 0.0600. The average Bonchev–Trinajstić information content (AvgIpc) is 3.10. The highest BCUT2D eigenvalue weighted by molar-refractivity contribution is 5.37.